The molecule has 0 spiro atoms. The van der Waals surface area contributed by atoms with Gasteiger partial charge in [0.1, 0.15) is 11.4 Å². The van der Waals surface area contributed by atoms with Gasteiger partial charge in [0.2, 0.25) is 0 Å². The second kappa shape index (κ2) is 11.4. The van der Waals surface area contributed by atoms with Gasteiger partial charge in [0, 0.05) is 46.7 Å². The van der Waals surface area contributed by atoms with Crippen molar-refractivity contribution in [1.29, 1.82) is 0 Å². The number of aromatic nitrogens is 1. The molecular weight excluding hydrogens is 442 g/mol. The topological polar surface area (TPSA) is 80.8 Å². The van der Waals surface area contributed by atoms with Gasteiger partial charge in [-0.05, 0) is 78.8 Å². The minimum Gasteiger partial charge on any atom is -0.493 e. The minimum absolute atomic E-state index is 0.0634. The van der Waals surface area contributed by atoms with E-state index in [9.17, 15) is 9.59 Å². The van der Waals surface area contributed by atoms with Crippen LogP contribution in [0.25, 0.3) is 0 Å². The number of halogens is 1. The molecule has 0 bridgehead atoms. The van der Waals surface area contributed by atoms with Crippen LogP contribution >= 0.6 is 11.6 Å². The van der Waals surface area contributed by atoms with Crippen LogP contribution in [0.15, 0.2) is 36.5 Å². The summed E-state index contributed by atoms with van der Waals surface area (Å²) in [6, 6.07) is 8.63. The van der Waals surface area contributed by atoms with Crippen molar-refractivity contribution in [3.05, 3.63) is 52.8 Å². The lowest BCUT2D eigenvalue weighted by Crippen LogP contribution is -2.42. The first-order chi connectivity index (χ1) is 15.4. The van der Waals surface area contributed by atoms with Crippen molar-refractivity contribution >= 4 is 29.3 Å². The van der Waals surface area contributed by atoms with Crippen LogP contribution in [0.2, 0.25) is 5.02 Å². The number of ether oxygens (including phenoxy) is 2. The molecule has 0 unspecified atom stereocenters. The molecule has 1 aromatic heterocycles. The lowest BCUT2D eigenvalue weighted by atomic mass is 10.1. The van der Waals surface area contributed by atoms with Crippen molar-refractivity contribution in [2.45, 2.75) is 72.6 Å². The van der Waals surface area contributed by atoms with E-state index in [1.807, 2.05) is 32.6 Å². The largest absolute Gasteiger partial charge is 0.493 e. The molecule has 0 aliphatic rings. The van der Waals surface area contributed by atoms with Crippen molar-refractivity contribution in [2.75, 3.05) is 11.9 Å². The van der Waals surface area contributed by atoms with Crippen molar-refractivity contribution in [1.82, 2.24) is 9.88 Å². The zero-order chi connectivity index (χ0) is 24.8. The zero-order valence-electron chi connectivity index (χ0n) is 20.4. The van der Waals surface area contributed by atoms with Crippen LogP contribution in [0.1, 0.15) is 64.5 Å². The van der Waals surface area contributed by atoms with Gasteiger partial charge in [-0.25, -0.2) is 4.79 Å². The van der Waals surface area contributed by atoms with E-state index in [1.54, 1.807) is 57.3 Å². The van der Waals surface area contributed by atoms with Gasteiger partial charge in [0.05, 0.1) is 6.61 Å². The molecule has 0 saturated heterocycles. The molecule has 0 aliphatic heterocycles. The number of rotatable bonds is 8. The number of hydrogen-bond donors (Lipinski definition) is 1. The number of nitrogens with zero attached hydrogens (tertiary/aromatic N) is 2. The summed E-state index contributed by atoms with van der Waals surface area (Å²) in [5.74, 6) is 0.427. The fraction of sp³-hybridized carbons (Fsp3) is 0.480. The van der Waals surface area contributed by atoms with Gasteiger partial charge in [-0.2, -0.15) is 0 Å². The van der Waals surface area contributed by atoms with Crippen LogP contribution in [-0.2, 0) is 11.2 Å². The summed E-state index contributed by atoms with van der Waals surface area (Å²) in [7, 11) is 0. The van der Waals surface area contributed by atoms with E-state index in [0.29, 0.717) is 35.1 Å². The molecule has 7 nitrogen and oxygen atoms in total. The van der Waals surface area contributed by atoms with Crippen LogP contribution in [0.3, 0.4) is 0 Å². The molecular formula is C25H34ClN3O4. The highest BCUT2D eigenvalue weighted by molar-refractivity contribution is 6.31. The third-order valence-electron chi connectivity index (χ3n) is 4.55. The molecule has 0 fully saturated rings. The Labute approximate surface area is 201 Å². The first kappa shape index (κ1) is 26.5. The molecule has 33 heavy (non-hydrogen) atoms. The van der Waals surface area contributed by atoms with Gasteiger partial charge in [-0.3, -0.25) is 15.1 Å². The molecule has 1 heterocycles. The lowest BCUT2D eigenvalue weighted by Gasteiger charge is -2.31. The Kier molecular flexibility index (Phi) is 9.11. The Balaban J connectivity index is 2.02. The molecule has 1 N–H and O–H groups in total. The molecule has 0 aliphatic carbocycles. The van der Waals surface area contributed by atoms with Crippen LogP contribution in [0.4, 0.5) is 10.5 Å². The molecule has 8 heteroatoms. The van der Waals surface area contributed by atoms with Crippen LogP contribution < -0.4 is 10.1 Å². The number of nitrogens with one attached hydrogen (secondary N) is 1. The molecule has 0 radical (unpaired) electrons. The summed E-state index contributed by atoms with van der Waals surface area (Å²) in [4.78, 5) is 31.1. The van der Waals surface area contributed by atoms with E-state index in [-0.39, 0.29) is 18.0 Å². The molecule has 1 aromatic carbocycles. The maximum Gasteiger partial charge on any atom is 0.412 e. The quantitative estimate of drug-likeness (QED) is 0.509. The van der Waals surface area contributed by atoms with Gasteiger partial charge in [-0.1, -0.05) is 11.6 Å². The summed E-state index contributed by atoms with van der Waals surface area (Å²) >= 11 is 6.25. The highest BCUT2D eigenvalue weighted by Crippen LogP contribution is 2.24. The van der Waals surface area contributed by atoms with Gasteiger partial charge in [0.15, 0.2) is 0 Å². The fourth-order valence-electron chi connectivity index (χ4n) is 3.37. The number of pyridine rings is 1. The Bertz CT molecular complexity index is 962. The van der Waals surface area contributed by atoms with Gasteiger partial charge >= 0.3 is 6.09 Å². The normalized spacial score (nSPS) is 11.5. The zero-order valence-corrected chi connectivity index (χ0v) is 21.2. The third kappa shape index (κ3) is 8.57. The van der Waals surface area contributed by atoms with Crippen molar-refractivity contribution in [2.24, 2.45) is 0 Å². The first-order valence-electron chi connectivity index (χ1n) is 11.1. The monoisotopic (exact) mass is 475 g/mol. The Morgan fingerprint density at radius 3 is 2.36 bits per heavy atom. The average Bonchev–Trinajstić information content (AvgIpc) is 2.65. The molecule has 2 amide bonds. The summed E-state index contributed by atoms with van der Waals surface area (Å²) in [6.07, 6.45) is 1.60. The number of anilines is 1. The smallest absolute Gasteiger partial charge is 0.412 e. The summed E-state index contributed by atoms with van der Waals surface area (Å²) in [6.45, 7) is 13.7. The number of amides is 2. The van der Waals surface area contributed by atoms with Crippen LogP contribution in [0.5, 0.6) is 5.75 Å². The first-order valence-corrected chi connectivity index (χ1v) is 11.4. The Hall–Kier alpha value is -2.80. The average molecular weight is 476 g/mol. The number of carbonyl (C=O) groups is 2. The third-order valence-corrected chi connectivity index (χ3v) is 4.77. The van der Waals surface area contributed by atoms with Gasteiger partial charge in [-0.15, -0.1) is 0 Å². The highest BCUT2D eigenvalue weighted by Gasteiger charge is 2.22. The van der Waals surface area contributed by atoms with E-state index < -0.39 is 11.7 Å². The predicted molar refractivity (Wildman–Crippen MR) is 131 cm³/mol. The number of carbonyl (C=O) groups excluding carboxylic acids is 2. The van der Waals surface area contributed by atoms with E-state index in [1.165, 1.54) is 0 Å². The molecule has 2 rings (SSSR count). The van der Waals surface area contributed by atoms with E-state index in [0.717, 1.165) is 5.69 Å². The van der Waals surface area contributed by atoms with Gasteiger partial charge < -0.3 is 14.4 Å². The van der Waals surface area contributed by atoms with Crippen molar-refractivity contribution in [3.8, 4) is 5.75 Å². The molecule has 0 saturated carbocycles. The van der Waals surface area contributed by atoms with Crippen LogP contribution in [-0.4, -0.2) is 46.2 Å². The maximum absolute atomic E-state index is 13.0. The number of hydrogen-bond acceptors (Lipinski definition) is 5. The summed E-state index contributed by atoms with van der Waals surface area (Å²) in [5.41, 5.74) is 1.24. The standard InChI is InChI=1S/C25H34ClN3O4/c1-16(2)29(17(3)4)23(30)18-12-19(26)14-22(13-18)32-11-9-20-15-21(8-10-27-20)28-24(31)33-25(5,6)7/h8,10,12-17H,9,11H2,1-7H3,(H,27,28,31). The minimum atomic E-state index is -0.577. The Morgan fingerprint density at radius 1 is 1.09 bits per heavy atom. The fourth-order valence-corrected chi connectivity index (χ4v) is 3.60. The second-order valence-electron chi connectivity index (χ2n) is 9.34. The van der Waals surface area contributed by atoms with E-state index >= 15 is 0 Å². The molecule has 2 aromatic rings. The predicted octanol–water partition coefficient (Wildman–Crippen LogP) is 5.96. The van der Waals surface area contributed by atoms with E-state index in [2.05, 4.69) is 10.3 Å². The van der Waals surface area contributed by atoms with Crippen molar-refractivity contribution < 1.29 is 19.1 Å². The summed E-state index contributed by atoms with van der Waals surface area (Å²) in [5, 5.41) is 3.14. The van der Waals surface area contributed by atoms with Crippen molar-refractivity contribution in [3.63, 3.8) is 0 Å². The maximum atomic E-state index is 13.0. The Morgan fingerprint density at radius 2 is 1.76 bits per heavy atom. The van der Waals surface area contributed by atoms with Gasteiger partial charge in [0.25, 0.3) is 5.91 Å². The molecule has 0 atom stereocenters. The van der Waals surface area contributed by atoms with Crippen LogP contribution in [0, 0.1) is 0 Å². The SMILES string of the molecule is CC(C)N(C(=O)c1cc(Cl)cc(OCCc2cc(NC(=O)OC(C)(C)C)ccn2)c1)C(C)C. The number of benzene rings is 1. The molecule has 180 valence electrons. The lowest BCUT2D eigenvalue weighted by molar-refractivity contribution is 0.0628. The second-order valence-corrected chi connectivity index (χ2v) is 9.77. The summed E-state index contributed by atoms with van der Waals surface area (Å²) < 4.78 is 11.1. The van der Waals surface area contributed by atoms with E-state index in [4.69, 9.17) is 21.1 Å². The highest BCUT2D eigenvalue weighted by atomic mass is 35.5.